The Kier molecular flexibility index (Phi) is 2.59. The molecule has 0 unspecified atom stereocenters. The summed E-state index contributed by atoms with van der Waals surface area (Å²) in [7, 11) is 0. The highest BCUT2D eigenvalue weighted by atomic mass is 16.2. The van der Waals surface area contributed by atoms with Crippen LogP contribution in [0.3, 0.4) is 0 Å². The monoisotopic (exact) mass is 231 g/mol. The Morgan fingerprint density at radius 3 is 2.76 bits per heavy atom. The lowest BCUT2D eigenvalue weighted by Crippen LogP contribution is -2.30. The standard InChI is InChI=1S/C12H13N3O2/c1-7(11(14)16)5-15-6-8-3-2-4-9(13)10(8)12(15)17/h2-4H,1,5-6,13H2,(H2,14,16). The summed E-state index contributed by atoms with van der Waals surface area (Å²) in [5.41, 5.74) is 12.9. The number of hydrogen-bond acceptors (Lipinski definition) is 3. The third-order valence-electron chi connectivity index (χ3n) is 2.78. The maximum absolute atomic E-state index is 12.0. The molecule has 1 aliphatic heterocycles. The summed E-state index contributed by atoms with van der Waals surface area (Å²) in [5, 5.41) is 0. The number of fused-ring (bicyclic) bond motifs is 1. The molecule has 0 bridgehead atoms. The van der Waals surface area contributed by atoms with E-state index in [1.54, 1.807) is 12.1 Å². The van der Waals surface area contributed by atoms with Gasteiger partial charge in [0.1, 0.15) is 0 Å². The molecule has 2 rings (SSSR count). The van der Waals surface area contributed by atoms with Crippen molar-refractivity contribution in [1.82, 2.24) is 4.90 Å². The van der Waals surface area contributed by atoms with Crippen LogP contribution in [0.1, 0.15) is 15.9 Å². The first-order chi connectivity index (χ1) is 8.00. The smallest absolute Gasteiger partial charge is 0.256 e. The van der Waals surface area contributed by atoms with Crippen molar-refractivity contribution in [2.45, 2.75) is 6.54 Å². The van der Waals surface area contributed by atoms with E-state index in [0.29, 0.717) is 17.8 Å². The molecule has 1 aromatic carbocycles. The van der Waals surface area contributed by atoms with Gasteiger partial charge in [-0.15, -0.1) is 0 Å². The summed E-state index contributed by atoms with van der Waals surface area (Å²) in [4.78, 5) is 24.4. The first-order valence-corrected chi connectivity index (χ1v) is 5.15. The number of primary amides is 1. The van der Waals surface area contributed by atoms with Crippen LogP contribution >= 0.6 is 0 Å². The average Bonchev–Trinajstić information content (AvgIpc) is 2.57. The molecule has 5 heteroatoms. The maximum Gasteiger partial charge on any atom is 0.256 e. The molecule has 2 amide bonds. The van der Waals surface area contributed by atoms with Crippen LogP contribution in [0.5, 0.6) is 0 Å². The highest BCUT2D eigenvalue weighted by molar-refractivity contribution is 6.03. The second-order valence-electron chi connectivity index (χ2n) is 4.01. The van der Waals surface area contributed by atoms with Gasteiger partial charge in [0.2, 0.25) is 5.91 Å². The van der Waals surface area contributed by atoms with Gasteiger partial charge in [-0.2, -0.15) is 0 Å². The number of benzene rings is 1. The van der Waals surface area contributed by atoms with E-state index in [-0.39, 0.29) is 18.0 Å². The number of carbonyl (C=O) groups excluding carboxylic acids is 2. The molecule has 4 N–H and O–H groups in total. The molecular weight excluding hydrogens is 218 g/mol. The van der Waals surface area contributed by atoms with Crippen molar-refractivity contribution in [1.29, 1.82) is 0 Å². The Bertz CT molecular complexity index is 522. The lowest BCUT2D eigenvalue weighted by molar-refractivity contribution is -0.114. The van der Waals surface area contributed by atoms with E-state index in [1.165, 1.54) is 4.90 Å². The zero-order chi connectivity index (χ0) is 12.6. The van der Waals surface area contributed by atoms with Crippen LogP contribution in [-0.4, -0.2) is 23.3 Å². The van der Waals surface area contributed by atoms with Gasteiger partial charge in [-0.1, -0.05) is 18.7 Å². The lowest BCUT2D eigenvalue weighted by atomic mass is 10.1. The summed E-state index contributed by atoms with van der Waals surface area (Å²) in [5.74, 6) is -0.776. The van der Waals surface area contributed by atoms with Crippen LogP contribution < -0.4 is 11.5 Å². The molecular formula is C12H13N3O2. The van der Waals surface area contributed by atoms with Crippen LogP contribution in [0.2, 0.25) is 0 Å². The van der Waals surface area contributed by atoms with Gasteiger partial charge < -0.3 is 16.4 Å². The van der Waals surface area contributed by atoms with Crippen molar-refractivity contribution in [2.75, 3.05) is 12.3 Å². The summed E-state index contributed by atoms with van der Waals surface area (Å²) in [6.45, 7) is 4.11. The van der Waals surface area contributed by atoms with Gasteiger partial charge in [0.25, 0.3) is 5.91 Å². The molecule has 5 nitrogen and oxygen atoms in total. The van der Waals surface area contributed by atoms with Crippen molar-refractivity contribution in [3.8, 4) is 0 Å². The zero-order valence-corrected chi connectivity index (χ0v) is 9.27. The van der Waals surface area contributed by atoms with E-state index in [9.17, 15) is 9.59 Å². The van der Waals surface area contributed by atoms with Gasteiger partial charge in [0.15, 0.2) is 0 Å². The normalized spacial score (nSPS) is 13.6. The Hall–Kier alpha value is -2.30. The number of amides is 2. The minimum absolute atomic E-state index is 0.141. The number of nitrogen functional groups attached to an aromatic ring is 1. The summed E-state index contributed by atoms with van der Waals surface area (Å²) < 4.78 is 0. The van der Waals surface area contributed by atoms with E-state index in [2.05, 4.69) is 6.58 Å². The second-order valence-corrected chi connectivity index (χ2v) is 4.01. The first kappa shape index (κ1) is 11.2. The van der Waals surface area contributed by atoms with Crippen molar-refractivity contribution in [3.63, 3.8) is 0 Å². The van der Waals surface area contributed by atoms with E-state index in [0.717, 1.165) is 5.56 Å². The van der Waals surface area contributed by atoms with Crippen LogP contribution in [-0.2, 0) is 11.3 Å². The van der Waals surface area contributed by atoms with E-state index in [4.69, 9.17) is 11.5 Å². The van der Waals surface area contributed by atoms with Crippen molar-refractivity contribution in [2.24, 2.45) is 5.73 Å². The van der Waals surface area contributed by atoms with Gasteiger partial charge in [0.05, 0.1) is 12.1 Å². The van der Waals surface area contributed by atoms with Crippen LogP contribution in [0.25, 0.3) is 0 Å². The van der Waals surface area contributed by atoms with Crippen LogP contribution in [0.15, 0.2) is 30.4 Å². The Balaban J connectivity index is 2.23. The van der Waals surface area contributed by atoms with Crippen LogP contribution in [0, 0.1) is 0 Å². The number of nitrogens with two attached hydrogens (primary N) is 2. The molecule has 1 heterocycles. The fraction of sp³-hybridized carbons (Fsp3) is 0.167. The van der Waals surface area contributed by atoms with Gasteiger partial charge in [-0.25, -0.2) is 0 Å². The lowest BCUT2D eigenvalue weighted by Gasteiger charge is -2.15. The minimum atomic E-state index is -0.596. The van der Waals surface area contributed by atoms with Gasteiger partial charge in [-0.3, -0.25) is 9.59 Å². The van der Waals surface area contributed by atoms with Crippen molar-refractivity contribution >= 4 is 17.5 Å². The quantitative estimate of drug-likeness (QED) is 0.577. The maximum atomic E-state index is 12.0. The minimum Gasteiger partial charge on any atom is -0.398 e. The third kappa shape index (κ3) is 1.87. The predicted octanol–water partition coefficient (Wildman–Crippen LogP) is 0.266. The van der Waals surface area contributed by atoms with Crippen molar-refractivity contribution in [3.05, 3.63) is 41.5 Å². The molecule has 0 atom stereocenters. The largest absolute Gasteiger partial charge is 0.398 e. The molecule has 1 aliphatic rings. The second kappa shape index (κ2) is 3.93. The Morgan fingerprint density at radius 2 is 2.18 bits per heavy atom. The molecule has 0 saturated carbocycles. The SMILES string of the molecule is C=C(CN1Cc2cccc(N)c2C1=O)C(N)=O. The van der Waals surface area contributed by atoms with Gasteiger partial charge in [-0.05, 0) is 11.6 Å². The number of nitrogens with zero attached hydrogens (tertiary/aromatic N) is 1. The summed E-state index contributed by atoms with van der Waals surface area (Å²) in [6.07, 6.45) is 0. The molecule has 0 aromatic heterocycles. The molecule has 0 radical (unpaired) electrons. The highest BCUT2D eigenvalue weighted by Gasteiger charge is 2.29. The highest BCUT2D eigenvalue weighted by Crippen LogP contribution is 2.27. The Labute approximate surface area is 98.7 Å². The molecule has 0 fully saturated rings. The summed E-state index contributed by atoms with van der Waals surface area (Å²) in [6, 6.07) is 5.33. The number of anilines is 1. The Morgan fingerprint density at radius 1 is 1.47 bits per heavy atom. The third-order valence-corrected chi connectivity index (χ3v) is 2.78. The fourth-order valence-electron chi connectivity index (χ4n) is 1.88. The number of rotatable bonds is 3. The number of carbonyl (C=O) groups is 2. The predicted molar refractivity (Wildman–Crippen MR) is 63.9 cm³/mol. The van der Waals surface area contributed by atoms with Crippen LogP contribution in [0.4, 0.5) is 5.69 Å². The molecule has 0 spiro atoms. The fourth-order valence-corrected chi connectivity index (χ4v) is 1.88. The zero-order valence-electron chi connectivity index (χ0n) is 9.27. The number of hydrogen-bond donors (Lipinski definition) is 2. The average molecular weight is 231 g/mol. The molecule has 17 heavy (non-hydrogen) atoms. The molecule has 0 aliphatic carbocycles. The molecule has 1 aromatic rings. The van der Waals surface area contributed by atoms with Gasteiger partial charge >= 0.3 is 0 Å². The van der Waals surface area contributed by atoms with Gasteiger partial charge in [0, 0.05) is 17.8 Å². The molecule has 88 valence electrons. The summed E-state index contributed by atoms with van der Waals surface area (Å²) >= 11 is 0. The van der Waals surface area contributed by atoms with E-state index < -0.39 is 5.91 Å². The van der Waals surface area contributed by atoms with Crippen molar-refractivity contribution < 1.29 is 9.59 Å². The van der Waals surface area contributed by atoms with E-state index in [1.807, 2.05) is 6.07 Å². The first-order valence-electron chi connectivity index (χ1n) is 5.15. The van der Waals surface area contributed by atoms with E-state index >= 15 is 0 Å². The topological polar surface area (TPSA) is 89.4 Å². The molecule has 0 saturated heterocycles.